The van der Waals surface area contributed by atoms with Crippen LogP contribution in [0.15, 0.2) is 97.1 Å². The topological polar surface area (TPSA) is 106 Å². The third kappa shape index (κ3) is 4.73. The van der Waals surface area contributed by atoms with Crippen LogP contribution in [0.3, 0.4) is 0 Å². The summed E-state index contributed by atoms with van der Waals surface area (Å²) in [6, 6.07) is 29.8. The summed E-state index contributed by atoms with van der Waals surface area (Å²) in [6.45, 7) is 0. The van der Waals surface area contributed by atoms with Gasteiger partial charge in [-0.2, -0.15) is 0 Å². The van der Waals surface area contributed by atoms with Crippen molar-refractivity contribution in [2.45, 2.75) is 0 Å². The summed E-state index contributed by atoms with van der Waals surface area (Å²) in [5, 5.41) is 27.5. The molecule has 0 bridgehead atoms. The van der Waals surface area contributed by atoms with Gasteiger partial charge in [-0.25, -0.2) is 9.97 Å². The van der Waals surface area contributed by atoms with Crippen LogP contribution in [0.4, 0.5) is 0 Å². The third-order valence-electron chi connectivity index (χ3n) is 5.59. The SMILES string of the molecule is O=C([O-])c1ccc2ccc3ccccc3c2n1.O=C([O-])c1ccc2ccc3ccccc3c2n1.[Ir+3]. The summed E-state index contributed by atoms with van der Waals surface area (Å²) >= 11 is 0. The van der Waals surface area contributed by atoms with E-state index in [4.69, 9.17) is 0 Å². The number of carbonyl (C=O) groups excluding carboxylic acids is 2. The molecule has 0 fully saturated rings. The Morgan fingerprint density at radius 1 is 0.486 bits per heavy atom. The number of hydrogen-bond donors (Lipinski definition) is 0. The Labute approximate surface area is 213 Å². The largest absolute Gasteiger partial charge is 3.00 e. The van der Waals surface area contributed by atoms with Crippen LogP contribution < -0.4 is 10.2 Å². The number of carbonyl (C=O) groups is 2. The van der Waals surface area contributed by atoms with Gasteiger partial charge in [0.15, 0.2) is 0 Å². The van der Waals surface area contributed by atoms with Crippen molar-refractivity contribution in [1.82, 2.24) is 9.97 Å². The molecule has 0 saturated carbocycles. The number of aromatic nitrogens is 2. The zero-order valence-electron chi connectivity index (χ0n) is 18.1. The molecule has 0 unspecified atom stereocenters. The molecule has 6 rings (SSSR count). The molecular weight excluding hydrogens is 621 g/mol. The molecule has 0 aliphatic carbocycles. The molecule has 6 nitrogen and oxygen atoms in total. The average Bonchev–Trinajstić information content (AvgIpc) is 2.88. The van der Waals surface area contributed by atoms with Crippen LogP contribution in [-0.2, 0) is 20.1 Å². The smallest absolute Gasteiger partial charge is 0.543 e. The van der Waals surface area contributed by atoms with E-state index in [0.717, 1.165) is 32.3 Å². The maximum Gasteiger partial charge on any atom is 3.00 e. The molecular formula is C28H16IrN2O4+. The first-order chi connectivity index (χ1) is 16.5. The van der Waals surface area contributed by atoms with Crippen LogP contribution in [0, 0.1) is 0 Å². The molecule has 170 valence electrons. The van der Waals surface area contributed by atoms with Gasteiger partial charge >= 0.3 is 20.1 Å². The molecule has 0 atom stereocenters. The molecule has 2 aromatic heterocycles. The maximum absolute atomic E-state index is 10.8. The third-order valence-corrected chi connectivity index (χ3v) is 5.59. The summed E-state index contributed by atoms with van der Waals surface area (Å²) in [7, 11) is 0. The van der Waals surface area contributed by atoms with Crippen LogP contribution in [0.5, 0.6) is 0 Å². The first kappa shape index (κ1) is 24.0. The van der Waals surface area contributed by atoms with E-state index in [1.165, 1.54) is 12.1 Å². The number of carboxylic acid groups (broad SMARTS) is 2. The summed E-state index contributed by atoms with van der Waals surface area (Å²) in [5.74, 6) is -2.50. The number of carboxylic acids is 2. The first-order valence-corrected chi connectivity index (χ1v) is 10.5. The van der Waals surface area contributed by atoms with Gasteiger partial charge in [-0.15, -0.1) is 0 Å². The summed E-state index contributed by atoms with van der Waals surface area (Å²) in [5.41, 5.74) is 1.33. The van der Waals surface area contributed by atoms with Crippen molar-refractivity contribution in [3.8, 4) is 0 Å². The second-order valence-electron chi connectivity index (χ2n) is 7.68. The van der Waals surface area contributed by atoms with Crippen molar-refractivity contribution < 1.29 is 39.9 Å². The molecule has 7 heteroatoms. The number of hydrogen-bond acceptors (Lipinski definition) is 6. The summed E-state index contributed by atoms with van der Waals surface area (Å²) < 4.78 is 0. The second kappa shape index (κ2) is 9.97. The molecule has 35 heavy (non-hydrogen) atoms. The molecule has 0 spiro atoms. The van der Waals surface area contributed by atoms with E-state index in [9.17, 15) is 19.8 Å². The van der Waals surface area contributed by atoms with Crippen molar-refractivity contribution in [1.29, 1.82) is 0 Å². The van der Waals surface area contributed by atoms with Crippen molar-refractivity contribution in [2.75, 3.05) is 0 Å². The zero-order chi connectivity index (χ0) is 23.7. The Balaban J connectivity index is 0.000000160. The minimum atomic E-state index is -1.25. The molecule has 0 radical (unpaired) electrons. The molecule has 0 amide bonds. The van der Waals surface area contributed by atoms with Crippen LogP contribution in [0.1, 0.15) is 21.0 Å². The number of nitrogens with zero attached hydrogens (tertiary/aromatic N) is 2. The minimum absolute atomic E-state index is 0. The van der Waals surface area contributed by atoms with Gasteiger partial charge in [-0.1, -0.05) is 84.9 Å². The molecule has 4 aromatic carbocycles. The minimum Gasteiger partial charge on any atom is -0.543 e. The van der Waals surface area contributed by atoms with Crippen LogP contribution in [0.2, 0.25) is 0 Å². The average molecular weight is 637 g/mol. The van der Waals surface area contributed by atoms with Crippen LogP contribution in [-0.4, -0.2) is 21.9 Å². The second-order valence-corrected chi connectivity index (χ2v) is 7.68. The van der Waals surface area contributed by atoms with E-state index in [1.807, 2.05) is 72.8 Å². The monoisotopic (exact) mass is 637 g/mol. The predicted octanol–water partition coefficient (Wildman–Crippen LogP) is 3.50. The molecule has 0 N–H and O–H groups in total. The van der Waals surface area contributed by atoms with Crippen LogP contribution in [0.25, 0.3) is 43.4 Å². The van der Waals surface area contributed by atoms with Crippen LogP contribution >= 0.6 is 0 Å². The van der Waals surface area contributed by atoms with Crippen molar-refractivity contribution >= 4 is 55.3 Å². The number of pyridine rings is 2. The first-order valence-electron chi connectivity index (χ1n) is 10.5. The number of benzene rings is 4. The van der Waals surface area contributed by atoms with Gasteiger partial charge < -0.3 is 19.8 Å². The molecule has 0 saturated heterocycles. The van der Waals surface area contributed by atoms with Gasteiger partial charge in [-0.05, 0) is 22.9 Å². The van der Waals surface area contributed by atoms with E-state index in [0.29, 0.717) is 11.0 Å². The Morgan fingerprint density at radius 2 is 0.829 bits per heavy atom. The van der Waals surface area contributed by atoms with Gasteiger partial charge in [0.05, 0.1) is 34.4 Å². The Bertz CT molecular complexity index is 1600. The van der Waals surface area contributed by atoms with Gasteiger partial charge in [-0.3, -0.25) is 0 Å². The summed E-state index contributed by atoms with van der Waals surface area (Å²) in [4.78, 5) is 29.9. The molecule has 6 aromatic rings. The van der Waals surface area contributed by atoms with Crippen molar-refractivity contribution in [2.24, 2.45) is 0 Å². The fourth-order valence-corrected chi connectivity index (χ4v) is 3.94. The van der Waals surface area contributed by atoms with Crippen molar-refractivity contribution in [3.63, 3.8) is 0 Å². The van der Waals surface area contributed by atoms with Gasteiger partial charge in [0.2, 0.25) is 0 Å². The van der Waals surface area contributed by atoms with E-state index < -0.39 is 11.9 Å². The normalized spacial score (nSPS) is 10.5. The van der Waals surface area contributed by atoms with Gasteiger partial charge in [0, 0.05) is 21.5 Å². The van der Waals surface area contributed by atoms with E-state index in [1.54, 1.807) is 12.1 Å². The Morgan fingerprint density at radius 3 is 1.23 bits per heavy atom. The molecule has 0 aliphatic heterocycles. The molecule has 0 aliphatic rings. The maximum atomic E-state index is 10.8. The number of aromatic carboxylic acids is 2. The number of rotatable bonds is 2. The molecule has 2 heterocycles. The fraction of sp³-hybridized carbons (Fsp3) is 0. The Kier molecular flexibility index (Phi) is 6.82. The van der Waals surface area contributed by atoms with Crippen molar-refractivity contribution in [3.05, 3.63) is 108 Å². The van der Waals surface area contributed by atoms with E-state index in [2.05, 4.69) is 9.97 Å². The Hall–Kier alpha value is -4.19. The van der Waals surface area contributed by atoms with E-state index >= 15 is 0 Å². The standard InChI is InChI=1S/2C14H9NO2.Ir/c2*16-14(17)12-8-7-10-6-5-9-3-1-2-4-11(9)13(10)15-12;/h2*1-8H,(H,16,17);/q;;+3/p-2. The van der Waals surface area contributed by atoms with Gasteiger partial charge in [0.25, 0.3) is 0 Å². The zero-order valence-corrected chi connectivity index (χ0v) is 20.5. The fourth-order valence-electron chi connectivity index (χ4n) is 3.94. The summed E-state index contributed by atoms with van der Waals surface area (Å²) in [6.07, 6.45) is 0. The number of fused-ring (bicyclic) bond motifs is 6. The van der Waals surface area contributed by atoms with E-state index in [-0.39, 0.29) is 31.5 Å². The predicted molar refractivity (Wildman–Crippen MR) is 127 cm³/mol. The van der Waals surface area contributed by atoms with Gasteiger partial charge in [0.1, 0.15) is 0 Å². The quantitative estimate of drug-likeness (QED) is 0.270.